The van der Waals surface area contributed by atoms with Crippen molar-refractivity contribution in [2.24, 2.45) is 5.92 Å². The highest BCUT2D eigenvalue weighted by atomic mass is 16.4. The molecule has 0 bridgehead atoms. The van der Waals surface area contributed by atoms with E-state index in [0.717, 1.165) is 0 Å². The minimum atomic E-state index is -1.01. The van der Waals surface area contributed by atoms with Gasteiger partial charge in [-0.3, -0.25) is 9.59 Å². The second-order valence-corrected chi connectivity index (χ2v) is 4.20. The lowest BCUT2D eigenvalue weighted by molar-refractivity contribution is -0.141. The minimum Gasteiger partial charge on any atom is -0.481 e. The fourth-order valence-corrected chi connectivity index (χ4v) is 2.01. The topological polar surface area (TPSA) is 105 Å². The number of anilines is 1. The lowest BCUT2D eigenvalue weighted by atomic mass is 10.1. The summed E-state index contributed by atoms with van der Waals surface area (Å²) in [5, 5.41) is 26.6. The molecule has 1 aromatic rings. The highest BCUT2D eigenvalue weighted by molar-refractivity contribution is 5.99. The molecular formula is C13H9N3O3. The van der Waals surface area contributed by atoms with Gasteiger partial charge in [0.2, 0.25) is 5.91 Å². The lowest BCUT2D eigenvalue weighted by Gasteiger charge is -2.16. The number of hydrogen-bond acceptors (Lipinski definition) is 4. The van der Waals surface area contributed by atoms with Gasteiger partial charge in [0.15, 0.2) is 0 Å². The van der Waals surface area contributed by atoms with Crippen LogP contribution >= 0.6 is 0 Å². The van der Waals surface area contributed by atoms with Crippen molar-refractivity contribution in [2.45, 2.75) is 6.42 Å². The molecule has 2 rings (SSSR count). The summed E-state index contributed by atoms with van der Waals surface area (Å²) in [6, 6.07) is 8.19. The number of rotatable bonds is 2. The minimum absolute atomic E-state index is 0.0444. The van der Waals surface area contributed by atoms with Gasteiger partial charge in [-0.2, -0.15) is 10.5 Å². The smallest absolute Gasteiger partial charge is 0.308 e. The third-order valence-electron chi connectivity index (χ3n) is 3.03. The number of benzene rings is 1. The molecule has 1 unspecified atom stereocenters. The molecule has 1 saturated heterocycles. The first-order valence-electron chi connectivity index (χ1n) is 5.54. The van der Waals surface area contributed by atoms with Crippen LogP contribution in [0.4, 0.5) is 5.69 Å². The van der Waals surface area contributed by atoms with Gasteiger partial charge in [-0.05, 0) is 18.2 Å². The second-order valence-electron chi connectivity index (χ2n) is 4.20. The maximum Gasteiger partial charge on any atom is 0.308 e. The van der Waals surface area contributed by atoms with Crippen molar-refractivity contribution in [1.29, 1.82) is 10.5 Å². The fraction of sp³-hybridized carbons (Fsp3) is 0.231. The Kier molecular flexibility index (Phi) is 3.17. The second kappa shape index (κ2) is 4.79. The molecule has 1 amide bonds. The first-order valence-corrected chi connectivity index (χ1v) is 5.54. The molecule has 0 spiro atoms. The average molecular weight is 255 g/mol. The number of carboxylic acid groups (broad SMARTS) is 1. The van der Waals surface area contributed by atoms with E-state index in [4.69, 9.17) is 15.6 Å². The van der Waals surface area contributed by atoms with E-state index in [9.17, 15) is 9.59 Å². The van der Waals surface area contributed by atoms with Gasteiger partial charge in [-0.25, -0.2) is 0 Å². The Hall–Kier alpha value is -2.86. The van der Waals surface area contributed by atoms with Crippen LogP contribution in [0.15, 0.2) is 18.2 Å². The predicted molar refractivity (Wildman–Crippen MR) is 64.0 cm³/mol. The number of carbonyl (C=O) groups excluding carboxylic acids is 1. The first-order chi connectivity index (χ1) is 9.06. The van der Waals surface area contributed by atoms with Crippen LogP contribution in [0, 0.1) is 28.6 Å². The molecule has 6 heteroatoms. The summed E-state index contributed by atoms with van der Waals surface area (Å²) in [6.45, 7) is 0.0882. The molecule has 0 saturated carbocycles. The zero-order valence-electron chi connectivity index (χ0n) is 9.83. The highest BCUT2D eigenvalue weighted by Crippen LogP contribution is 2.26. The largest absolute Gasteiger partial charge is 0.481 e. The van der Waals surface area contributed by atoms with E-state index in [-0.39, 0.29) is 30.0 Å². The Bertz CT molecular complexity index is 640. The van der Waals surface area contributed by atoms with Crippen LogP contribution in [0.2, 0.25) is 0 Å². The number of nitrogens with zero attached hydrogens (tertiary/aromatic N) is 3. The molecule has 0 aliphatic carbocycles. The van der Waals surface area contributed by atoms with Gasteiger partial charge in [0.1, 0.15) is 12.1 Å². The number of nitriles is 2. The third-order valence-corrected chi connectivity index (χ3v) is 3.03. The van der Waals surface area contributed by atoms with Crippen molar-refractivity contribution in [1.82, 2.24) is 0 Å². The van der Waals surface area contributed by atoms with Crippen LogP contribution in [0.1, 0.15) is 17.5 Å². The average Bonchev–Trinajstić information content (AvgIpc) is 2.80. The van der Waals surface area contributed by atoms with Gasteiger partial charge in [0, 0.05) is 18.7 Å². The Balaban J connectivity index is 2.34. The summed E-state index contributed by atoms with van der Waals surface area (Å²) in [7, 11) is 0. The molecule has 1 heterocycles. The van der Waals surface area contributed by atoms with Crippen molar-refractivity contribution in [3.05, 3.63) is 29.3 Å². The van der Waals surface area contributed by atoms with Gasteiger partial charge in [-0.1, -0.05) is 0 Å². The molecule has 94 valence electrons. The molecule has 1 N–H and O–H groups in total. The van der Waals surface area contributed by atoms with Gasteiger partial charge in [0.05, 0.1) is 17.0 Å². The summed E-state index contributed by atoms with van der Waals surface area (Å²) in [4.78, 5) is 24.0. The first kappa shape index (κ1) is 12.6. The van der Waals surface area contributed by atoms with Crippen molar-refractivity contribution in [2.75, 3.05) is 11.4 Å². The molecule has 1 aliphatic rings. The van der Waals surface area contributed by atoms with Crippen molar-refractivity contribution in [3.8, 4) is 12.1 Å². The molecule has 0 aromatic heterocycles. The summed E-state index contributed by atoms with van der Waals surface area (Å²) >= 11 is 0. The van der Waals surface area contributed by atoms with Gasteiger partial charge in [0.25, 0.3) is 0 Å². The lowest BCUT2D eigenvalue weighted by Crippen LogP contribution is -2.25. The molecule has 1 aliphatic heterocycles. The van der Waals surface area contributed by atoms with Crippen LogP contribution in [0.3, 0.4) is 0 Å². The van der Waals surface area contributed by atoms with E-state index in [1.807, 2.05) is 12.1 Å². The fourth-order valence-electron chi connectivity index (χ4n) is 2.01. The predicted octanol–water partition coefficient (Wildman–Crippen LogP) is 0.867. The summed E-state index contributed by atoms with van der Waals surface area (Å²) in [5.41, 5.74) is 0.851. The number of carboxylic acids is 1. The molecule has 6 nitrogen and oxygen atoms in total. The number of hydrogen-bond donors (Lipinski definition) is 1. The number of amides is 1. The molecule has 1 fully saturated rings. The summed E-state index contributed by atoms with van der Waals surface area (Å²) in [5.74, 6) is -2.03. The normalized spacial score (nSPS) is 17.9. The standard InChI is InChI=1S/C13H9N3O3/c14-5-8-1-2-11(3-9(8)6-15)16-7-10(13(18)19)4-12(16)17/h1-3,10H,4,7H2,(H,18,19). The van der Waals surface area contributed by atoms with Gasteiger partial charge >= 0.3 is 5.97 Å². The van der Waals surface area contributed by atoms with Crippen molar-refractivity contribution >= 4 is 17.6 Å². The monoisotopic (exact) mass is 255 g/mol. The zero-order valence-corrected chi connectivity index (χ0v) is 9.83. The number of aliphatic carboxylic acids is 1. The van der Waals surface area contributed by atoms with Crippen LogP contribution in [-0.2, 0) is 9.59 Å². The highest BCUT2D eigenvalue weighted by Gasteiger charge is 2.35. The van der Waals surface area contributed by atoms with Gasteiger partial charge in [-0.15, -0.1) is 0 Å². The van der Waals surface area contributed by atoms with Crippen molar-refractivity contribution < 1.29 is 14.7 Å². The molecule has 19 heavy (non-hydrogen) atoms. The number of carbonyl (C=O) groups is 2. The van der Waals surface area contributed by atoms with Crippen LogP contribution < -0.4 is 4.90 Å². The van der Waals surface area contributed by atoms with E-state index in [1.165, 1.54) is 17.0 Å². The zero-order chi connectivity index (χ0) is 14.0. The van der Waals surface area contributed by atoms with E-state index < -0.39 is 11.9 Å². The van der Waals surface area contributed by atoms with Crippen LogP contribution in [0.25, 0.3) is 0 Å². The Morgan fingerprint density at radius 2 is 2.00 bits per heavy atom. The van der Waals surface area contributed by atoms with E-state index in [0.29, 0.717) is 5.69 Å². The Morgan fingerprint density at radius 3 is 2.53 bits per heavy atom. The van der Waals surface area contributed by atoms with Crippen LogP contribution in [-0.4, -0.2) is 23.5 Å². The Morgan fingerprint density at radius 1 is 1.32 bits per heavy atom. The quantitative estimate of drug-likeness (QED) is 0.843. The van der Waals surface area contributed by atoms with Crippen molar-refractivity contribution in [3.63, 3.8) is 0 Å². The molecule has 0 radical (unpaired) electrons. The molecule has 1 atom stereocenters. The molecule has 1 aromatic carbocycles. The SMILES string of the molecule is N#Cc1ccc(N2CC(C(=O)O)CC2=O)cc1C#N. The van der Waals surface area contributed by atoms with Gasteiger partial charge < -0.3 is 10.0 Å². The summed E-state index contributed by atoms with van der Waals surface area (Å²) in [6.07, 6.45) is -0.0444. The molecular weight excluding hydrogens is 246 g/mol. The maximum absolute atomic E-state index is 11.8. The van der Waals surface area contributed by atoms with Crippen LogP contribution in [0.5, 0.6) is 0 Å². The maximum atomic E-state index is 11.8. The third kappa shape index (κ3) is 2.24. The van der Waals surface area contributed by atoms with E-state index in [2.05, 4.69) is 0 Å². The summed E-state index contributed by atoms with van der Waals surface area (Å²) < 4.78 is 0. The van der Waals surface area contributed by atoms with E-state index >= 15 is 0 Å². The Labute approximate surface area is 109 Å². The van der Waals surface area contributed by atoms with E-state index in [1.54, 1.807) is 6.07 Å².